The minimum absolute atomic E-state index is 0.511. The van der Waals surface area contributed by atoms with E-state index >= 15 is 0 Å². The Kier molecular flexibility index (Phi) is 5.44. The third-order valence-electron chi connectivity index (χ3n) is 4.72. The number of nitrogens with one attached hydrogen (secondary N) is 1. The van der Waals surface area contributed by atoms with Crippen molar-refractivity contribution in [1.82, 2.24) is 15.1 Å². The van der Waals surface area contributed by atoms with Crippen molar-refractivity contribution in [3.05, 3.63) is 18.0 Å². The molecule has 3 nitrogen and oxygen atoms in total. The second-order valence-electron chi connectivity index (χ2n) is 6.04. The molecular weight excluding hydrogens is 234 g/mol. The van der Waals surface area contributed by atoms with Crippen LogP contribution in [-0.4, -0.2) is 22.9 Å². The lowest BCUT2D eigenvalue weighted by molar-refractivity contribution is 0.275. The summed E-state index contributed by atoms with van der Waals surface area (Å²) < 4.78 is 2.11. The maximum absolute atomic E-state index is 4.74. The van der Waals surface area contributed by atoms with E-state index in [0.717, 1.165) is 18.8 Å². The maximum atomic E-state index is 4.74. The topological polar surface area (TPSA) is 29.9 Å². The van der Waals surface area contributed by atoms with Gasteiger partial charge in [0.15, 0.2) is 0 Å². The van der Waals surface area contributed by atoms with Gasteiger partial charge in [-0.05, 0) is 45.2 Å². The molecule has 3 heteroatoms. The van der Waals surface area contributed by atoms with Crippen LogP contribution in [0.4, 0.5) is 0 Å². The van der Waals surface area contributed by atoms with Gasteiger partial charge in [-0.2, -0.15) is 5.10 Å². The average Bonchev–Trinajstić information content (AvgIpc) is 2.93. The van der Waals surface area contributed by atoms with E-state index in [1.165, 1.54) is 37.8 Å². The van der Waals surface area contributed by atoms with Crippen LogP contribution in [0, 0.1) is 5.92 Å². The van der Waals surface area contributed by atoms with Gasteiger partial charge in [-0.15, -0.1) is 0 Å². The van der Waals surface area contributed by atoms with Gasteiger partial charge in [0.25, 0.3) is 0 Å². The van der Waals surface area contributed by atoms with Gasteiger partial charge in [-0.1, -0.05) is 26.2 Å². The summed E-state index contributed by atoms with van der Waals surface area (Å²) in [6.45, 7) is 4.44. The summed E-state index contributed by atoms with van der Waals surface area (Å²) in [5, 5.41) is 8.26. The van der Waals surface area contributed by atoms with Crippen molar-refractivity contribution in [3.63, 3.8) is 0 Å². The van der Waals surface area contributed by atoms with Gasteiger partial charge < -0.3 is 5.32 Å². The van der Waals surface area contributed by atoms with Crippen molar-refractivity contribution < 1.29 is 0 Å². The molecule has 0 bridgehead atoms. The van der Waals surface area contributed by atoms with Gasteiger partial charge in [0.2, 0.25) is 0 Å². The maximum Gasteiger partial charge on any atom is 0.0640 e. The zero-order valence-corrected chi connectivity index (χ0v) is 12.7. The number of nitrogens with zero attached hydrogens (tertiary/aromatic N) is 2. The van der Waals surface area contributed by atoms with Crippen LogP contribution in [0.5, 0.6) is 0 Å². The van der Waals surface area contributed by atoms with E-state index in [0.29, 0.717) is 12.1 Å². The predicted molar refractivity (Wildman–Crippen MR) is 80.4 cm³/mol. The van der Waals surface area contributed by atoms with Gasteiger partial charge in [0.05, 0.1) is 5.69 Å². The fourth-order valence-electron chi connectivity index (χ4n) is 3.19. The Hall–Kier alpha value is -0.830. The summed E-state index contributed by atoms with van der Waals surface area (Å²) in [6, 6.07) is 3.30. The summed E-state index contributed by atoms with van der Waals surface area (Å²) >= 11 is 0. The first-order valence-corrected chi connectivity index (χ1v) is 7.96. The summed E-state index contributed by atoms with van der Waals surface area (Å²) in [7, 11) is 2.10. The summed E-state index contributed by atoms with van der Waals surface area (Å²) in [5.74, 6) is 0.840. The molecule has 0 saturated heterocycles. The van der Waals surface area contributed by atoms with Crippen LogP contribution in [0.3, 0.4) is 0 Å². The fraction of sp³-hybridized carbons (Fsp3) is 0.812. The van der Waals surface area contributed by atoms with E-state index in [-0.39, 0.29) is 0 Å². The highest BCUT2D eigenvalue weighted by atomic mass is 15.3. The lowest BCUT2D eigenvalue weighted by Crippen LogP contribution is -2.36. The molecule has 1 N–H and O–H groups in total. The molecule has 108 valence electrons. The monoisotopic (exact) mass is 263 g/mol. The Morgan fingerprint density at radius 1 is 1.37 bits per heavy atom. The predicted octanol–water partition coefficient (Wildman–Crippen LogP) is 3.56. The van der Waals surface area contributed by atoms with Crippen molar-refractivity contribution >= 4 is 0 Å². The van der Waals surface area contributed by atoms with Crippen molar-refractivity contribution in [2.75, 3.05) is 7.05 Å². The second-order valence-corrected chi connectivity index (χ2v) is 6.04. The lowest BCUT2D eigenvalue weighted by atomic mass is 9.82. The lowest BCUT2D eigenvalue weighted by Gasteiger charge is -2.29. The van der Waals surface area contributed by atoms with Crippen LogP contribution in [0.1, 0.15) is 64.1 Å². The number of rotatable bonds is 6. The van der Waals surface area contributed by atoms with Gasteiger partial charge in [0.1, 0.15) is 0 Å². The second kappa shape index (κ2) is 7.09. The molecule has 1 aromatic heterocycles. The van der Waals surface area contributed by atoms with Gasteiger partial charge in [-0.25, -0.2) is 0 Å². The molecular formula is C16H29N3. The Morgan fingerprint density at radius 3 is 2.74 bits per heavy atom. The molecule has 19 heavy (non-hydrogen) atoms. The molecule has 0 radical (unpaired) electrons. The van der Waals surface area contributed by atoms with Crippen LogP contribution in [0.25, 0.3) is 0 Å². The van der Waals surface area contributed by atoms with Crippen LogP contribution >= 0.6 is 0 Å². The molecule has 2 atom stereocenters. The Bertz CT molecular complexity index is 366. The van der Waals surface area contributed by atoms with Gasteiger partial charge >= 0.3 is 0 Å². The summed E-state index contributed by atoms with van der Waals surface area (Å²) in [6.07, 6.45) is 11.4. The molecule has 0 spiro atoms. The number of hydrogen-bond donors (Lipinski definition) is 1. The Labute approximate surface area is 117 Å². The highest BCUT2D eigenvalue weighted by molar-refractivity contribution is 5.03. The molecule has 0 aromatic carbocycles. The van der Waals surface area contributed by atoms with Gasteiger partial charge in [0, 0.05) is 24.7 Å². The molecule has 1 aromatic rings. The fourth-order valence-corrected chi connectivity index (χ4v) is 3.19. The van der Waals surface area contributed by atoms with Crippen molar-refractivity contribution in [3.8, 4) is 0 Å². The molecule has 0 aliphatic heterocycles. The van der Waals surface area contributed by atoms with Crippen LogP contribution in [0.15, 0.2) is 12.3 Å². The van der Waals surface area contributed by atoms with Crippen molar-refractivity contribution in [2.45, 2.75) is 70.9 Å². The van der Waals surface area contributed by atoms with Crippen LogP contribution < -0.4 is 5.32 Å². The quantitative estimate of drug-likeness (QED) is 0.850. The van der Waals surface area contributed by atoms with E-state index in [4.69, 9.17) is 5.10 Å². The minimum atomic E-state index is 0.511. The molecule has 0 amide bonds. The third-order valence-corrected chi connectivity index (χ3v) is 4.72. The van der Waals surface area contributed by atoms with Crippen molar-refractivity contribution in [2.24, 2.45) is 5.92 Å². The Morgan fingerprint density at radius 2 is 2.11 bits per heavy atom. The standard InChI is InChI=1S/C16H29N3/c1-4-13(2)19-11-10-15(18-19)12-16(17-3)14-8-6-5-7-9-14/h10-11,13-14,16-17H,4-9,12H2,1-3H3. The van der Waals surface area contributed by atoms with E-state index in [1.807, 2.05) is 0 Å². The van der Waals surface area contributed by atoms with Crippen LogP contribution in [-0.2, 0) is 6.42 Å². The first kappa shape index (κ1) is 14.6. The Balaban J connectivity index is 1.95. The highest BCUT2D eigenvalue weighted by Gasteiger charge is 2.23. The van der Waals surface area contributed by atoms with Gasteiger partial charge in [-0.3, -0.25) is 4.68 Å². The van der Waals surface area contributed by atoms with E-state index in [2.05, 4.69) is 43.2 Å². The normalized spacial score (nSPS) is 20.4. The summed E-state index contributed by atoms with van der Waals surface area (Å²) in [4.78, 5) is 0. The molecule has 1 heterocycles. The van der Waals surface area contributed by atoms with E-state index in [9.17, 15) is 0 Å². The van der Waals surface area contributed by atoms with Crippen LogP contribution in [0.2, 0.25) is 0 Å². The number of hydrogen-bond acceptors (Lipinski definition) is 2. The van der Waals surface area contributed by atoms with E-state index in [1.54, 1.807) is 0 Å². The minimum Gasteiger partial charge on any atom is -0.316 e. The molecule has 1 fully saturated rings. The smallest absolute Gasteiger partial charge is 0.0640 e. The SMILES string of the molecule is CCC(C)n1ccc(CC(NC)C2CCCCC2)n1. The molecule has 1 aliphatic rings. The first-order chi connectivity index (χ1) is 9.24. The first-order valence-electron chi connectivity index (χ1n) is 7.96. The third kappa shape index (κ3) is 3.82. The average molecular weight is 263 g/mol. The molecule has 1 aliphatic carbocycles. The molecule has 2 rings (SSSR count). The highest BCUT2D eigenvalue weighted by Crippen LogP contribution is 2.27. The zero-order chi connectivity index (χ0) is 13.7. The molecule has 1 saturated carbocycles. The number of likely N-dealkylation sites (N-methyl/N-ethyl adjacent to an activating group) is 1. The van der Waals surface area contributed by atoms with E-state index < -0.39 is 0 Å². The summed E-state index contributed by atoms with van der Waals surface area (Å²) in [5.41, 5.74) is 1.24. The van der Waals surface area contributed by atoms with Crippen molar-refractivity contribution in [1.29, 1.82) is 0 Å². The molecule has 2 unspecified atom stereocenters. The largest absolute Gasteiger partial charge is 0.316 e. The number of aromatic nitrogens is 2. The zero-order valence-electron chi connectivity index (χ0n) is 12.7.